The van der Waals surface area contributed by atoms with E-state index in [0.29, 0.717) is 10.7 Å². The van der Waals surface area contributed by atoms with Crippen molar-refractivity contribution in [3.63, 3.8) is 0 Å². The van der Waals surface area contributed by atoms with Crippen LogP contribution in [-0.2, 0) is 5.60 Å². The van der Waals surface area contributed by atoms with E-state index >= 15 is 0 Å². The summed E-state index contributed by atoms with van der Waals surface area (Å²) in [5.74, 6) is 0. The molecule has 5 aromatic rings. The normalized spacial score (nSPS) is 11.9. The van der Waals surface area contributed by atoms with Crippen LogP contribution < -0.4 is 0 Å². The minimum atomic E-state index is -1.06. The van der Waals surface area contributed by atoms with E-state index in [1.54, 1.807) is 18.5 Å². The summed E-state index contributed by atoms with van der Waals surface area (Å²) in [7, 11) is 0. The van der Waals surface area contributed by atoms with Crippen LogP contribution in [0.25, 0.3) is 39.0 Å². The highest BCUT2D eigenvalue weighted by Crippen LogP contribution is 2.32. The Bertz CT molecular complexity index is 1370. The van der Waals surface area contributed by atoms with Gasteiger partial charge in [0.05, 0.1) is 22.1 Å². The Labute approximate surface area is 185 Å². The van der Waals surface area contributed by atoms with Crippen LogP contribution in [0, 0.1) is 0 Å². The summed E-state index contributed by atoms with van der Waals surface area (Å²) >= 11 is 6.46. The number of benzene rings is 3. The molecule has 0 aliphatic carbocycles. The maximum absolute atomic E-state index is 10.5. The zero-order valence-corrected chi connectivity index (χ0v) is 18.1. The molecule has 2 N–H and O–H groups in total. The number of aliphatic hydroxyl groups is 1. The molecule has 0 aliphatic rings. The van der Waals surface area contributed by atoms with E-state index in [1.807, 2.05) is 36.5 Å². The van der Waals surface area contributed by atoms with E-state index in [0.717, 1.165) is 33.6 Å². The summed E-state index contributed by atoms with van der Waals surface area (Å²) in [6.07, 6.45) is 1.95. The van der Waals surface area contributed by atoms with Crippen molar-refractivity contribution >= 4 is 22.5 Å². The molecule has 0 saturated heterocycles. The Kier molecular flexibility index (Phi) is 4.69. The van der Waals surface area contributed by atoms with Gasteiger partial charge in [0, 0.05) is 17.3 Å². The quantitative estimate of drug-likeness (QED) is 0.341. The summed E-state index contributed by atoms with van der Waals surface area (Å²) < 4.78 is 1.80. The summed E-state index contributed by atoms with van der Waals surface area (Å²) in [4.78, 5) is 3.27. The van der Waals surface area contributed by atoms with Crippen LogP contribution in [0.4, 0.5) is 0 Å². The summed E-state index contributed by atoms with van der Waals surface area (Å²) in [5, 5.41) is 17.0. The molecule has 0 unspecified atom stereocenters. The van der Waals surface area contributed by atoms with Gasteiger partial charge < -0.3 is 10.1 Å². The first kappa shape index (κ1) is 19.6. The van der Waals surface area contributed by atoms with Gasteiger partial charge in [-0.2, -0.15) is 5.10 Å². The van der Waals surface area contributed by atoms with E-state index in [2.05, 4.69) is 58.6 Å². The van der Waals surface area contributed by atoms with Crippen molar-refractivity contribution in [2.75, 3.05) is 0 Å². The second-order valence-corrected chi connectivity index (χ2v) is 8.60. The first-order valence-electron chi connectivity index (χ1n) is 10.2. The molecule has 2 heterocycles. The number of H-pyrrole nitrogens is 1. The third-order valence-corrected chi connectivity index (χ3v) is 5.81. The van der Waals surface area contributed by atoms with Gasteiger partial charge in [0.25, 0.3) is 0 Å². The molecule has 5 heteroatoms. The van der Waals surface area contributed by atoms with Crippen LogP contribution in [-0.4, -0.2) is 19.9 Å². The van der Waals surface area contributed by atoms with E-state index in [9.17, 15) is 5.11 Å². The van der Waals surface area contributed by atoms with Crippen LogP contribution in [0.5, 0.6) is 0 Å². The molecule has 0 amide bonds. The topological polar surface area (TPSA) is 53.8 Å². The molecular weight excluding hydrogens is 406 g/mol. The smallest absolute Gasteiger partial charge is 0.103 e. The second-order valence-electron chi connectivity index (χ2n) is 8.19. The maximum atomic E-state index is 10.5. The van der Waals surface area contributed by atoms with Crippen molar-refractivity contribution < 1.29 is 5.11 Å². The number of aromatic amines is 1. The van der Waals surface area contributed by atoms with Crippen molar-refractivity contribution in [3.05, 3.63) is 95.8 Å². The largest absolute Gasteiger partial charge is 0.384 e. The molecule has 5 rings (SSSR count). The van der Waals surface area contributed by atoms with Crippen molar-refractivity contribution in [1.82, 2.24) is 14.8 Å². The first-order chi connectivity index (χ1) is 14.9. The van der Waals surface area contributed by atoms with Crippen LogP contribution >= 0.6 is 11.6 Å². The third-order valence-electron chi connectivity index (χ3n) is 5.49. The fourth-order valence-corrected chi connectivity index (χ4v) is 3.97. The predicted octanol–water partition coefficient (Wildman–Crippen LogP) is 6.57. The van der Waals surface area contributed by atoms with Gasteiger partial charge in [-0.3, -0.25) is 0 Å². The number of rotatable bonds is 4. The summed E-state index contributed by atoms with van der Waals surface area (Å²) in [5.41, 5.74) is 5.56. The maximum Gasteiger partial charge on any atom is 0.103 e. The van der Waals surface area contributed by atoms with Crippen LogP contribution in [0.1, 0.15) is 19.5 Å². The van der Waals surface area contributed by atoms with Crippen molar-refractivity contribution in [1.29, 1.82) is 0 Å². The number of hydrogen-bond donors (Lipinski definition) is 2. The third kappa shape index (κ3) is 3.65. The first-order valence-corrected chi connectivity index (χ1v) is 10.5. The molecule has 2 aromatic heterocycles. The standard InChI is InChI=1S/C26H22ClN3O/c1-26(2,31)25-16-24(30(29-25)23-6-4-3-5-21(23)27)19-10-7-17(8-11-19)20-12-9-18-13-14-28-22(18)15-20/h3-16,28,31H,1-2H3. The molecule has 0 saturated carbocycles. The molecular formula is C26H22ClN3O. The lowest BCUT2D eigenvalue weighted by Crippen LogP contribution is -2.16. The fourth-order valence-electron chi connectivity index (χ4n) is 3.75. The fraction of sp³-hybridized carbons (Fsp3) is 0.115. The van der Waals surface area contributed by atoms with Gasteiger partial charge in [0.1, 0.15) is 5.60 Å². The van der Waals surface area contributed by atoms with Crippen LogP contribution in [0.15, 0.2) is 85.1 Å². The highest BCUT2D eigenvalue weighted by molar-refractivity contribution is 6.32. The molecule has 0 fully saturated rings. The lowest BCUT2D eigenvalue weighted by atomic mass is 10.0. The predicted molar refractivity (Wildman–Crippen MR) is 127 cm³/mol. The molecule has 0 atom stereocenters. The number of halogens is 1. The lowest BCUT2D eigenvalue weighted by Gasteiger charge is -2.13. The van der Waals surface area contributed by atoms with Gasteiger partial charge in [-0.15, -0.1) is 0 Å². The number of nitrogens with zero attached hydrogens (tertiary/aromatic N) is 2. The van der Waals surface area contributed by atoms with Gasteiger partial charge in [-0.05, 0) is 60.7 Å². The van der Waals surface area contributed by atoms with E-state index < -0.39 is 5.60 Å². The Morgan fingerprint density at radius 1 is 0.871 bits per heavy atom. The highest BCUT2D eigenvalue weighted by atomic mass is 35.5. The molecule has 154 valence electrons. The van der Waals surface area contributed by atoms with E-state index in [-0.39, 0.29) is 0 Å². The van der Waals surface area contributed by atoms with Gasteiger partial charge in [0.15, 0.2) is 0 Å². The summed E-state index contributed by atoms with van der Waals surface area (Å²) in [6.45, 7) is 3.46. The number of hydrogen-bond acceptors (Lipinski definition) is 2. The monoisotopic (exact) mass is 427 g/mol. The second kappa shape index (κ2) is 7.41. The van der Waals surface area contributed by atoms with Crippen LogP contribution in [0.3, 0.4) is 0 Å². The summed E-state index contributed by atoms with van der Waals surface area (Å²) in [6, 6.07) is 26.3. The van der Waals surface area contributed by atoms with Crippen molar-refractivity contribution in [2.24, 2.45) is 0 Å². The number of aromatic nitrogens is 3. The molecule has 4 nitrogen and oxygen atoms in total. The molecule has 0 radical (unpaired) electrons. The number of fused-ring (bicyclic) bond motifs is 1. The van der Waals surface area contributed by atoms with Gasteiger partial charge in [-0.1, -0.05) is 60.1 Å². The molecule has 0 spiro atoms. The molecule has 0 aliphatic heterocycles. The lowest BCUT2D eigenvalue weighted by molar-refractivity contribution is 0.0734. The number of para-hydroxylation sites is 1. The van der Waals surface area contributed by atoms with Gasteiger partial charge >= 0.3 is 0 Å². The zero-order valence-electron chi connectivity index (χ0n) is 17.3. The molecule has 0 bridgehead atoms. The van der Waals surface area contributed by atoms with Crippen molar-refractivity contribution in [3.8, 4) is 28.1 Å². The zero-order chi connectivity index (χ0) is 21.6. The van der Waals surface area contributed by atoms with Gasteiger partial charge in [0.2, 0.25) is 0 Å². The van der Waals surface area contributed by atoms with E-state index in [1.165, 1.54) is 5.39 Å². The minimum absolute atomic E-state index is 0.587. The van der Waals surface area contributed by atoms with Gasteiger partial charge in [-0.25, -0.2) is 4.68 Å². The van der Waals surface area contributed by atoms with Crippen LogP contribution in [0.2, 0.25) is 5.02 Å². The molecule has 31 heavy (non-hydrogen) atoms. The molecule has 3 aromatic carbocycles. The average molecular weight is 428 g/mol. The number of nitrogens with one attached hydrogen (secondary N) is 1. The minimum Gasteiger partial charge on any atom is -0.384 e. The van der Waals surface area contributed by atoms with Crippen molar-refractivity contribution in [2.45, 2.75) is 19.4 Å². The Morgan fingerprint density at radius 3 is 2.32 bits per heavy atom. The Morgan fingerprint density at radius 2 is 1.58 bits per heavy atom. The Hall–Kier alpha value is -3.34. The Balaban J connectivity index is 1.59. The highest BCUT2D eigenvalue weighted by Gasteiger charge is 2.23. The SMILES string of the molecule is CC(C)(O)c1cc(-c2ccc(-c3ccc4cc[nH]c4c3)cc2)n(-c2ccccc2Cl)n1. The van der Waals surface area contributed by atoms with E-state index in [4.69, 9.17) is 11.6 Å². The average Bonchev–Trinajstić information content (AvgIpc) is 3.41.